The van der Waals surface area contributed by atoms with Crippen molar-refractivity contribution < 1.29 is 19.1 Å². The third-order valence-electron chi connectivity index (χ3n) is 2.23. The predicted octanol–water partition coefficient (Wildman–Crippen LogP) is 1.09. The van der Waals surface area contributed by atoms with E-state index in [-0.39, 0.29) is 13.0 Å². The van der Waals surface area contributed by atoms with Gasteiger partial charge in [-0.3, -0.25) is 14.4 Å². The van der Waals surface area contributed by atoms with Crippen molar-refractivity contribution in [2.24, 2.45) is 11.3 Å². The maximum absolute atomic E-state index is 11.2. The van der Waals surface area contributed by atoms with Crippen LogP contribution in [0.3, 0.4) is 0 Å². The quantitative estimate of drug-likeness (QED) is 0.418. The summed E-state index contributed by atoms with van der Waals surface area (Å²) in [5.74, 6) is -1.41. The van der Waals surface area contributed by atoms with Crippen LogP contribution in [0.25, 0.3) is 0 Å². The lowest BCUT2D eigenvalue weighted by atomic mass is 10.1. The molecule has 78 valence electrons. The van der Waals surface area contributed by atoms with Gasteiger partial charge in [0, 0.05) is 0 Å². The number of esters is 1. The lowest BCUT2D eigenvalue weighted by molar-refractivity contribution is -0.147. The molecule has 0 heterocycles. The van der Waals surface area contributed by atoms with E-state index in [1.54, 1.807) is 6.92 Å². The van der Waals surface area contributed by atoms with Crippen LogP contribution in [0, 0.1) is 11.3 Å². The minimum absolute atomic E-state index is 0.0521. The van der Waals surface area contributed by atoms with Crippen molar-refractivity contribution in [1.82, 2.24) is 0 Å². The fourth-order valence-electron chi connectivity index (χ4n) is 1.30. The Kier molecular flexibility index (Phi) is 3.17. The van der Waals surface area contributed by atoms with Crippen LogP contribution in [0.1, 0.15) is 13.3 Å². The SMILES string of the molecule is CCOC(=O)[C@@H]1CC1(C(=O)Cl)C(=O)Cl. The summed E-state index contributed by atoms with van der Waals surface area (Å²) in [5.41, 5.74) is -1.53. The van der Waals surface area contributed by atoms with Gasteiger partial charge in [0.2, 0.25) is 10.5 Å². The van der Waals surface area contributed by atoms with Crippen molar-refractivity contribution in [2.75, 3.05) is 6.61 Å². The molecule has 0 N–H and O–H groups in total. The van der Waals surface area contributed by atoms with Gasteiger partial charge < -0.3 is 4.74 Å². The van der Waals surface area contributed by atoms with Crippen molar-refractivity contribution in [3.05, 3.63) is 0 Å². The lowest BCUT2D eigenvalue weighted by Crippen LogP contribution is -2.24. The van der Waals surface area contributed by atoms with Gasteiger partial charge in [0.25, 0.3) is 0 Å². The number of hydrogen-bond acceptors (Lipinski definition) is 4. The van der Waals surface area contributed by atoms with Crippen LogP contribution in [0.15, 0.2) is 0 Å². The van der Waals surface area contributed by atoms with E-state index in [4.69, 9.17) is 23.2 Å². The van der Waals surface area contributed by atoms with Crippen molar-refractivity contribution in [3.63, 3.8) is 0 Å². The lowest BCUT2D eigenvalue weighted by Gasteiger charge is -2.05. The largest absolute Gasteiger partial charge is 0.466 e. The first kappa shape index (κ1) is 11.5. The number of carbonyl (C=O) groups excluding carboxylic acids is 3. The summed E-state index contributed by atoms with van der Waals surface area (Å²) in [5, 5.41) is -1.79. The molecule has 1 fully saturated rings. The highest BCUT2D eigenvalue weighted by Crippen LogP contribution is 2.56. The molecule has 0 aliphatic heterocycles. The molecule has 1 saturated carbocycles. The van der Waals surface area contributed by atoms with Gasteiger partial charge in [-0.1, -0.05) is 0 Å². The van der Waals surface area contributed by atoms with E-state index < -0.39 is 27.8 Å². The minimum Gasteiger partial charge on any atom is -0.466 e. The fraction of sp³-hybridized carbons (Fsp3) is 0.625. The Morgan fingerprint density at radius 1 is 1.36 bits per heavy atom. The van der Waals surface area contributed by atoms with Crippen LogP contribution in [0.4, 0.5) is 0 Å². The van der Waals surface area contributed by atoms with Crippen molar-refractivity contribution in [2.45, 2.75) is 13.3 Å². The summed E-state index contributed by atoms with van der Waals surface area (Å²) in [6, 6.07) is 0. The minimum atomic E-state index is -1.53. The summed E-state index contributed by atoms with van der Waals surface area (Å²) >= 11 is 10.4. The molecular formula is C8H8Cl2O4. The number of halogens is 2. The molecule has 1 aliphatic rings. The van der Waals surface area contributed by atoms with Crippen LogP contribution in [-0.4, -0.2) is 23.1 Å². The zero-order valence-electron chi connectivity index (χ0n) is 7.38. The molecule has 1 atom stereocenters. The van der Waals surface area contributed by atoms with Gasteiger partial charge in [-0.15, -0.1) is 0 Å². The Hall–Kier alpha value is -0.610. The first-order valence-corrected chi connectivity index (χ1v) is 4.79. The Morgan fingerprint density at radius 3 is 2.14 bits per heavy atom. The van der Waals surface area contributed by atoms with Crippen molar-refractivity contribution in [1.29, 1.82) is 0 Å². The topological polar surface area (TPSA) is 60.4 Å². The molecule has 0 unspecified atom stereocenters. The van der Waals surface area contributed by atoms with Crippen LogP contribution in [0.5, 0.6) is 0 Å². The molecule has 1 aliphatic carbocycles. The van der Waals surface area contributed by atoms with E-state index in [0.29, 0.717) is 0 Å². The standard InChI is InChI=1S/C8H8Cl2O4/c1-2-14-5(11)4-3-8(4,6(9)12)7(10)13/h4H,2-3H2,1H3/t4-/m0/s1. The van der Waals surface area contributed by atoms with E-state index in [9.17, 15) is 14.4 Å². The monoisotopic (exact) mass is 238 g/mol. The molecule has 0 aromatic carbocycles. The molecule has 1 rings (SSSR count). The van der Waals surface area contributed by atoms with Gasteiger partial charge in [0.1, 0.15) is 5.41 Å². The Balaban J connectivity index is 2.76. The zero-order valence-corrected chi connectivity index (χ0v) is 8.89. The third-order valence-corrected chi connectivity index (χ3v) is 2.91. The van der Waals surface area contributed by atoms with Gasteiger partial charge >= 0.3 is 5.97 Å². The Morgan fingerprint density at radius 2 is 1.86 bits per heavy atom. The van der Waals surface area contributed by atoms with Gasteiger partial charge in [-0.25, -0.2) is 0 Å². The van der Waals surface area contributed by atoms with Gasteiger partial charge in [0.15, 0.2) is 0 Å². The Labute approximate surface area is 90.5 Å². The molecule has 0 bridgehead atoms. The summed E-state index contributed by atoms with van der Waals surface area (Å²) < 4.78 is 4.66. The highest BCUT2D eigenvalue weighted by atomic mass is 35.5. The van der Waals surface area contributed by atoms with E-state index in [2.05, 4.69) is 4.74 Å². The first-order valence-electron chi connectivity index (χ1n) is 4.03. The van der Waals surface area contributed by atoms with Crippen LogP contribution < -0.4 is 0 Å². The molecule has 0 spiro atoms. The molecule has 0 saturated heterocycles. The molecule has 6 heteroatoms. The predicted molar refractivity (Wildman–Crippen MR) is 48.9 cm³/mol. The second-order valence-electron chi connectivity index (χ2n) is 3.03. The summed E-state index contributed by atoms with van der Waals surface area (Å²) in [6.45, 7) is 1.82. The highest BCUT2D eigenvalue weighted by molar-refractivity contribution is 6.75. The van der Waals surface area contributed by atoms with Gasteiger partial charge in [-0.05, 0) is 36.5 Å². The van der Waals surface area contributed by atoms with Crippen LogP contribution in [-0.2, 0) is 19.1 Å². The summed E-state index contributed by atoms with van der Waals surface area (Å²) in [4.78, 5) is 33.1. The fourth-order valence-corrected chi connectivity index (χ4v) is 1.94. The van der Waals surface area contributed by atoms with E-state index in [0.717, 1.165) is 0 Å². The highest BCUT2D eigenvalue weighted by Gasteiger charge is 2.68. The molecule has 0 amide bonds. The van der Waals surface area contributed by atoms with E-state index in [1.807, 2.05) is 0 Å². The average molecular weight is 239 g/mol. The third kappa shape index (κ3) is 1.64. The normalized spacial score (nSPS) is 22.6. The van der Waals surface area contributed by atoms with Crippen LogP contribution in [0.2, 0.25) is 0 Å². The average Bonchev–Trinajstić information content (AvgIpc) is 2.79. The maximum atomic E-state index is 11.2. The van der Waals surface area contributed by atoms with Gasteiger partial charge in [-0.2, -0.15) is 0 Å². The van der Waals surface area contributed by atoms with Gasteiger partial charge in [0.05, 0.1) is 12.5 Å². The maximum Gasteiger partial charge on any atom is 0.310 e. The second-order valence-corrected chi connectivity index (χ2v) is 3.71. The molecule has 4 nitrogen and oxygen atoms in total. The smallest absolute Gasteiger partial charge is 0.310 e. The molecular weight excluding hydrogens is 231 g/mol. The summed E-state index contributed by atoms with van der Waals surface area (Å²) in [6.07, 6.45) is 0.0521. The molecule has 0 aromatic rings. The summed E-state index contributed by atoms with van der Waals surface area (Å²) in [7, 11) is 0. The zero-order chi connectivity index (χ0) is 10.9. The van der Waals surface area contributed by atoms with Crippen LogP contribution >= 0.6 is 23.2 Å². The number of ether oxygens (including phenoxy) is 1. The van der Waals surface area contributed by atoms with Crippen molar-refractivity contribution >= 4 is 39.7 Å². The number of carbonyl (C=O) groups is 3. The first-order chi connectivity index (χ1) is 6.46. The number of rotatable bonds is 4. The molecule has 0 aromatic heterocycles. The van der Waals surface area contributed by atoms with E-state index in [1.165, 1.54) is 0 Å². The number of hydrogen-bond donors (Lipinski definition) is 0. The van der Waals surface area contributed by atoms with E-state index >= 15 is 0 Å². The Bertz CT molecular complexity index is 286. The molecule has 0 radical (unpaired) electrons. The van der Waals surface area contributed by atoms with Crippen molar-refractivity contribution in [3.8, 4) is 0 Å². The second kappa shape index (κ2) is 3.87. The molecule has 14 heavy (non-hydrogen) atoms.